The number of nitro benzene ring substituents is 1. The standard InChI is InChI=1S/C13H9Br2FN2O2/c14-10-2-1-3-11(15)13(10)17-7-8-6-9(16)4-5-12(8)18(19)20/h1-6,17H,7H2. The minimum absolute atomic E-state index is 0.109. The fraction of sp³-hybridized carbons (Fsp3) is 0.0769. The van der Waals surface area contributed by atoms with E-state index in [2.05, 4.69) is 37.2 Å². The molecule has 0 bridgehead atoms. The first-order valence-electron chi connectivity index (χ1n) is 5.59. The number of rotatable bonds is 4. The monoisotopic (exact) mass is 402 g/mol. The van der Waals surface area contributed by atoms with Gasteiger partial charge in [-0.1, -0.05) is 6.07 Å². The number of nitro groups is 1. The van der Waals surface area contributed by atoms with E-state index in [0.29, 0.717) is 0 Å². The number of nitrogens with zero attached hydrogens (tertiary/aromatic N) is 1. The van der Waals surface area contributed by atoms with Crippen LogP contribution in [0.15, 0.2) is 45.3 Å². The first-order valence-corrected chi connectivity index (χ1v) is 7.18. The van der Waals surface area contributed by atoms with Crippen molar-refractivity contribution < 1.29 is 9.31 Å². The quantitative estimate of drug-likeness (QED) is 0.585. The van der Waals surface area contributed by atoms with Crippen molar-refractivity contribution in [2.75, 3.05) is 5.32 Å². The predicted molar refractivity (Wildman–Crippen MR) is 82.2 cm³/mol. The molecule has 1 N–H and O–H groups in total. The lowest BCUT2D eigenvalue weighted by atomic mass is 10.1. The topological polar surface area (TPSA) is 55.2 Å². The predicted octanol–water partition coefficient (Wildman–Crippen LogP) is 4.87. The molecule has 0 saturated carbocycles. The van der Waals surface area contributed by atoms with Gasteiger partial charge in [0.25, 0.3) is 5.69 Å². The Morgan fingerprint density at radius 1 is 1.20 bits per heavy atom. The maximum Gasteiger partial charge on any atom is 0.274 e. The summed E-state index contributed by atoms with van der Waals surface area (Å²) in [4.78, 5) is 10.4. The molecule has 0 amide bonds. The van der Waals surface area contributed by atoms with Crippen LogP contribution in [0.3, 0.4) is 0 Å². The Bertz CT molecular complexity index is 645. The summed E-state index contributed by atoms with van der Waals surface area (Å²) in [5, 5.41) is 14.0. The zero-order chi connectivity index (χ0) is 14.7. The van der Waals surface area contributed by atoms with Crippen molar-refractivity contribution in [1.29, 1.82) is 0 Å². The highest BCUT2D eigenvalue weighted by Gasteiger charge is 2.15. The molecule has 104 valence electrons. The van der Waals surface area contributed by atoms with Gasteiger partial charge in [-0.3, -0.25) is 10.1 Å². The van der Waals surface area contributed by atoms with Crippen LogP contribution >= 0.6 is 31.9 Å². The van der Waals surface area contributed by atoms with Crippen LogP contribution in [0, 0.1) is 15.9 Å². The summed E-state index contributed by atoms with van der Waals surface area (Å²) in [6.07, 6.45) is 0. The molecular formula is C13H9Br2FN2O2. The van der Waals surface area contributed by atoms with E-state index in [1.54, 1.807) is 0 Å². The highest BCUT2D eigenvalue weighted by atomic mass is 79.9. The zero-order valence-electron chi connectivity index (χ0n) is 10.1. The Hall–Kier alpha value is -1.47. The maximum absolute atomic E-state index is 13.2. The second kappa shape index (κ2) is 6.32. The first kappa shape index (κ1) is 14.9. The Balaban J connectivity index is 2.27. The molecule has 0 aliphatic rings. The van der Waals surface area contributed by atoms with Crippen molar-refractivity contribution in [3.8, 4) is 0 Å². The molecule has 0 radical (unpaired) electrons. The van der Waals surface area contributed by atoms with Crippen molar-refractivity contribution in [1.82, 2.24) is 0 Å². The highest BCUT2D eigenvalue weighted by Crippen LogP contribution is 2.31. The number of anilines is 1. The van der Waals surface area contributed by atoms with E-state index >= 15 is 0 Å². The molecule has 2 aromatic rings. The zero-order valence-corrected chi connectivity index (χ0v) is 13.2. The van der Waals surface area contributed by atoms with Gasteiger partial charge < -0.3 is 5.32 Å². The van der Waals surface area contributed by atoms with Gasteiger partial charge in [0.05, 0.1) is 16.2 Å². The second-order valence-corrected chi connectivity index (χ2v) is 5.69. The molecule has 0 aliphatic carbocycles. The van der Waals surface area contributed by atoms with Gasteiger partial charge in [0.1, 0.15) is 5.82 Å². The third-order valence-corrected chi connectivity index (χ3v) is 3.98. The van der Waals surface area contributed by atoms with Crippen molar-refractivity contribution in [2.45, 2.75) is 6.54 Å². The smallest absolute Gasteiger partial charge is 0.274 e. The average Bonchev–Trinajstić information content (AvgIpc) is 2.37. The van der Waals surface area contributed by atoms with Gasteiger partial charge in [0.2, 0.25) is 0 Å². The lowest BCUT2D eigenvalue weighted by Crippen LogP contribution is -2.04. The average molecular weight is 404 g/mol. The van der Waals surface area contributed by atoms with E-state index < -0.39 is 10.7 Å². The number of nitrogens with one attached hydrogen (secondary N) is 1. The molecule has 7 heteroatoms. The third kappa shape index (κ3) is 3.34. The molecule has 0 atom stereocenters. The summed E-state index contributed by atoms with van der Waals surface area (Å²) in [6, 6.07) is 8.94. The fourth-order valence-corrected chi connectivity index (χ4v) is 3.00. The Labute approximate surface area is 131 Å². The Kier molecular flexibility index (Phi) is 4.72. The molecule has 20 heavy (non-hydrogen) atoms. The van der Waals surface area contributed by atoms with Gasteiger partial charge in [-0.05, 0) is 56.1 Å². The van der Waals surface area contributed by atoms with Gasteiger partial charge in [-0.15, -0.1) is 0 Å². The molecule has 0 fully saturated rings. The van der Waals surface area contributed by atoms with Crippen molar-refractivity contribution in [3.63, 3.8) is 0 Å². The lowest BCUT2D eigenvalue weighted by molar-refractivity contribution is -0.385. The highest BCUT2D eigenvalue weighted by molar-refractivity contribution is 9.11. The van der Waals surface area contributed by atoms with Crippen molar-refractivity contribution in [3.05, 3.63) is 66.8 Å². The van der Waals surface area contributed by atoms with Crippen LogP contribution in [0.1, 0.15) is 5.56 Å². The SMILES string of the molecule is O=[N+]([O-])c1ccc(F)cc1CNc1c(Br)cccc1Br. The van der Waals surface area contributed by atoms with Gasteiger partial charge in [-0.25, -0.2) is 4.39 Å². The Morgan fingerprint density at radius 2 is 1.85 bits per heavy atom. The second-order valence-electron chi connectivity index (χ2n) is 3.98. The molecule has 0 aromatic heterocycles. The fourth-order valence-electron chi connectivity index (χ4n) is 1.72. The van der Waals surface area contributed by atoms with E-state index in [4.69, 9.17) is 0 Å². The van der Waals surface area contributed by atoms with Crippen LogP contribution in [-0.4, -0.2) is 4.92 Å². The number of para-hydroxylation sites is 1. The largest absolute Gasteiger partial charge is 0.379 e. The van der Waals surface area contributed by atoms with Crippen molar-refractivity contribution >= 4 is 43.2 Å². The molecule has 0 aliphatic heterocycles. The summed E-state index contributed by atoms with van der Waals surface area (Å²) < 4.78 is 14.8. The van der Waals surface area contributed by atoms with Gasteiger partial charge in [-0.2, -0.15) is 0 Å². The number of benzene rings is 2. The molecule has 2 rings (SSSR count). The maximum atomic E-state index is 13.2. The molecule has 0 saturated heterocycles. The first-order chi connectivity index (χ1) is 9.49. The number of hydrogen-bond donors (Lipinski definition) is 1. The van der Waals surface area contributed by atoms with E-state index in [1.165, 1.54) is 6.07 Å². The van der Waals surface area contributed by atoms with E-state index in [1.807, 2.05) is 18.2 Å². The number of halogens is 3. The molecule has 0 spiro atoms. The molecule has 4 nitrogen and oxygen atoms in total. The molecule has 0 heterocycles. The van der Waals surface area contributed by atoms with Crippen LogP contribution in [0.5, 0.6) is 0 Å². The molecule has 2 aromatic carbocycles. The van der Waals surface area contributed by atoms with Crippen molar-refractivity contribution in [2.24, 2.45) is 0 Å². The normalized spacial score (nSPS) is 10.3. The summed E-state index contributed by atoms with van der Waals surface area (Å²) >= 11 is 6.76. The van der Waals surface area contributed by atoms with Crippen LogP contribution in [0.25, 0.3) is 0 Å². The Morgan fingerprint density at radius 3 is 2.45 bits per heavy atom. The van der Waals surface area contributed by atoms with E-state index in [0.717, 1.165) is 26.8 Å². The van der Waals surface area contributed by atoms with Gasteiger partial charge in [0.15, 0.2) is 0 Å². The van der Waals surface area contributed by atoms with Crippen LogP contribution in [-0.2, 0) is 6.54 Å². The number of hydrogen-bond acceptors (Lipinski definition) is 3. The minimum atomic E-state index is -0.522. The molecular weight excluding hydrogens is 395 g/mol. The summed E-state index contributed by atoms with van der Waals surface area (Å²) in [5.41, 5.74) is 0.936. The summed E-state index contributed by atoms with van der Waals surface area (Å²) in [7, 11) is 0. The summed E-state index contributed by atoms with van der Waals surface area (Å²) in [5.74, 6) is -0.501. The van der Waals surface area contributed by atoms with E-state index in [-0.39, 0.29) is 17.8 Å². The summed E-state index contributed by atoms with van der Waals surface area (Å²) in [6.45, 7) is 0.148. The lowest BCUT2D eigenvalue weighted by Gasteiger charge is -2.11. The minimum Gasteiger partial charge on any atom is -0.379 e. The van der Waals surface area contributed by atoms with Crippen LogP contribution in [0.2, 0.25) is 0 Å². The van der Waals surface area contributed by atoms with Gasteiger partial charge >= 0.3 is 0 Å². The van der Waals surface area contributed by atoms with E-state index in [9.17, 15) is 14.5 Å². The molecule has 0 unspecified atom stereocenters. The van der Waals surface area contributed by atoms with Crippen LogP contribution in [0.4, 0.5) is 15.8 Å². The van der Waals surface area contributed by atoms with Gasteiger partial charge in [0, 0.05) is 21.6 Å². The van der Waals surface area contributed by atoms with Crippen LogP contribution < -0.4 is 5.32 Å². The third-order valence-electron chi connectivity index (χ3n) is 2.66.